The second kappa shape index (κ2) is 25.5. The molecule has 0 fully saturated rings. The van der Waals surface area contributed by atoms with Crippen LogP contribution in [0.1, 0.15) is 59.3 Å². The van der Waals surface area contributed by atoms with E-state index in [2.05, 4.69) is 228 Å². The van der Waals surface area contributed by atoms with Gasteiger partial charge in [0.15, 0.2) is 0 Å². The number of nitrogens with zero attached hydrogens (tertiary/aromatic N) is 4. The molecular formula is C52H46Br4N4S9Sn. The molecule has 0 saturated heterocycles. The first-order chi connectivity index (χ1) is 34.2. The summed E-state index contributed by atoms with van der Waals surface area (Å²) in [5, 5.41) is 2.31. The zero-order chi connectivity index (χ0) is 48.6. The summed E-state index contributed by atoms with van der Waals surface area (Å²) < 4.78 is 29.6. The fraction of sp³-hybridized carbons (Fsp3) is 0.231. The summed E-state index contributed by atoms with van der Waals surface area (Å²) in [7, 11) is 0. The predicted molar refractivity (Wildman–Crippen MR) is 334 cm³/mol. The standard InChI is InChI=1S/C22H10Br2N2S5.C14H6Br2N2S3.C4H3S.3C4H9.Sn/c23-19-9-7-17(29-19)15-5-3-13(27-15)11-1-2-12(22-21(11)25-31-26-22)14-4-6-16(28-14)18-8-10-20(24)30-18;15-11-5-3-9(19-11)7-1-2-8(10-4-6-12(16)20-10)14-13(7)17-21-18-14;1-2-4-5-3-1;3*1-3-4-2;/h1-10H;1-6H;1-3H;3*1,3-4H2,2H3;. The molecule has 70 heavy (non-hydrogen) atoms. The van der Waals surface area contributed by atoms with Gasteiger partial charge in [-0.15, -0.1) is 68.0 Å². The Labute approximate surface area is 484 Å². The van der Waals surface area contributed by atoms with E-state index in [-0.39, 0.29) is 0 Å². The van der Waals surface area contributed by atoms with Crippen molar-refractivity contribution in [1.82, 2.24) is 17.5 Å². The van der Waals surface area contributed by atoms with Gasteiger partial charge < -0.3 is 0 Å². The van der Waals surface area contributed by atoms with E-state index in [1.807, 2.05) is 2.89 Å². The molecule has 2 aromatic carbocycles. The van der Waals surface area contributed by atoms with Crippen molar-refractivity contribution in [2.75, 3.05) is 0 Å². The molecule has 18 heteroatoms. The minimum atomic E-state index is -2.01. The van der Waals surface area contributed by atoms with Crippen molar-refractivity contribution in [2.24, 2.45) is 0 Å². The number of hydrogen-bond acceptors (Lipinski definition) is 13. The summed E-state index contributed by atoms with van der Waals surface area (Å²) in [6, 6.07) is 39.1. The van der Waals surface area contributed by atoms with E-state index in [9.17, 15) is 0 Å². The summed E-state index contributed by atoms with van der Waals surface area (Å²) in [4.78, 5) is 9.96. The zero-order valence-electron chi connectivity index (χ0n) is 38.3. The normalized spacial score (nSPS) is 11.6. The first-order valence-electron chi connectivity index (χ1n) is 22.9. The molecule has 0 aliphatic rings. The van der Waals surface area contributed by atoms with Crippen molar-refractivity contribution in [3.05, 3.63) is 130 Å². The predicted octanol–water partition coefficient (Wildman–Crippen LogP) is 22.6. The molecule has 0 unspecified atom stereocenters. The van der Waals surface area contributed by atoms with E-state index in [0.29, 0.717) is 0 Å². The summed E-state index contributed by atoms with van der Waals surface area (Å²) in [5.74, 6) is 0. The second-order valence-electron chi connectivity index (χ2n) is 16.6. The number of aromatic nitrogens is 4. The number of unbranched alkanes of at least 4 members (excludes halogenated alkanes) is 3. The van der Waals surface area contributed by atoms with Gasteiger partial charge >= 0.3 is 123 Å². The van der Waals surface area contributed by atoms with Crippen molar-refractivity contribution < 1.29 is 0 Å². The molecule has 11 rings (SSSR count). The molecule has 0 radical (unpaired) electrons. The van der Waals surface area contributed by atoms with Gasteiger partial charge in [-0.3, -0.25) is 0 Å². The molecule has 9 heterocycles. The second-order valence-corrected chi connectivity index (χ2v) is 44.7. The number of halogens is 4. The molecule has 0 spiro atoms. The van der Waals surface area contributed by atoms with Crippen LogP contribution >= 0.6 is 167 Å². The van der Waals surface area contributed by atoms with Gasteiger partial charge in [-0.1, -0.05) is 24.3 Å². The average Bonchev–Trinajstić information content (AvgIpc) is 4.20. The van der Waals surface area contributed by atoms with E-state index in [1.54, 1.807) is 81.3 Å². The Balaban J connectivity index is 0.000000137. The van der Waals surface area contributed by atoms with Gasteiger partial charge in [-0.05, 0) is 137 Å². The summed E-state index contributed by atoms with van der Waals surface area (Å²) in [6.45, 7) is 7.06. The third kappa shape index (κ3) is 12.7. The topological polar surface area (TPSA) is 51.6 Å². The van der Waals surface area contributed by atoms with E-state index >= 15 is 0 Å². The van der Waals surface area contributed by atoms with Crippen LogP contribution in [0.25, 0.3) is 83.3 Å². The Hall–Kier alpha value is -1.30. The Kier molecular flexibility index (Phi) is 19.5. The molecule has 0 N–H and O–H groups in total. The molecule has 0 atom stereocenters. The van der Waals surface area contributed by atoms with Crippen molar-refractivity contribution in [3.8, 4) is 61.3 Å². The summed E-state index contributed by atoms with van der Waals surface area (Å²) in [5.41, 5.74) is 8.53. The molecule has 0 aliphatic carbocycles. The number of thiophene rings is 7. The van der Waals surface area contributed by atoms with Crippen molar-refractivity contribution >= 4 is 210 Å². The molecule has 0 aliphatic heterocycles. The van der Waals surface area contributed by atoms with Gasteiger partial charge in [0.05, 0.1) is 38.6 Å². The molecule has 4 nitrogen and oxygen atoms in total. The molecule has 0 saturated carbocycles. The molecule has 0 bridgehead atoms. The van der Waals surface area contributed by atoms with Gasteiger partial charge in [-0.25, -0.2) is 0 Å². The van der Waals surface area contributed by atoms with Gasteiger partial charge in [0.25, 0.3) is 0 Å². The molecule has 11 aromatic rings. The van der Waals surface area contributed by atoms with E-state index in [1.165, 1.54) is 101 Å². The molecular weight excluding hydrogens is 1410 g/mol. The molecule has 0 amide bonds. The molecule has 9 aromatic heterocycles. The fourth-order valence-corrected chi connectivity index (χ4v) is 37.3. The van der Waals surface area contributed by atoms with Crippen LogP contribution in [-0.2, 0) is 0 Å². The Bertz CT molecular complexity index is 3200. The van der Waals surface area contributed by atoms with Crippen LogP contribution in [-0.4, -0.2) is 35.9 Å². The monoisotopic (exact) mass is 1450 g/mol. The quantitative estimate of drug-likeness (QED) is 0.0905. The van der Waals surface area contributed by atoms with Crippen LogP contribution in [0, 0.1) is 0 Å². The SMILES string of the molecule is Brc1ccc(-c2ccc(-c3ccc(-c4ccc(-c5ccc(Br)s5)s4)c4nsnc34)s2)s1.Brc1ccc(-c2ccc(-c3ccc(Br)s3)c3nsnc23)s1.CCC[CH2][Sn]([CH2]CCC)([CH2]CCC)[c]1cccs1. The third-order valence-electron chi connectivity index (χ3n) is 12.0. The van der Waals surface area contributed by atoms with Gasteiger partial charge in [-0.2, -0.15) is 17.5 Å². The number of rotatable bonds is 16. The number of fused-ring (bicyclic) bond motifs is 2. The Morgan fingerprint density at radius 3 is 0.971 bits per heavy atom. The number of hydrogen-bond donors (Lipinski definition) is 0. The zero-order valence-corrected chi connectivity index (χ0v) is 54.9. The first kappa shape index (κ1) is 53.5. The third-order valence-corrected chi connectivity index (χ3v) is 41.5. The molecule has 360 valence electrons. The van der Waals surface area contributed by atoms with Crippen molar-refractivity contribution in [3.63, 3.8) is 0 Å². The summed E-state index contributed by atoms with van der Waals surface area (Å²) in [6.07, 6.45) is 8.55. The fourth-order valence-electron chi connectivity index (χ4n) is 8.44. The van der Waals surface area contributed by atoms with Crippen LogP contribution in [0.15, 0.2) is 130 Å². The van der Waals surface area contributed by atoms with Gasteiger partial charge in [0.2, 0.25) is 0 Å². The Morgan fingerprint density at radius 2 is 0.671 bits per heavy atom. The minimum absolute atomic E-state index is 0.983. The average molecular weight is 1450 g/mol. The van der Waals surface area contributed by atoms with Crippen molar-refractivity contribution in [2.45, 2.75) is 72.6 Å². The maximum absolute atomic E-state index is 4.67. The Morgan fingerprint density at radius 1 is 0.371 bits per heavy atom. The van der Waals surface area contributed by atoms with Crippen LogP contribution in [0.4, 0.5) is 0 Å². The first-order valence-corrected chi connectivity index (χ1v) is 40.8. The van der Waals surface area contributed by atoms with Crippen LogP contribution < -0.4 is 2.89 Å². The van der Waals surface area contributed by atoms with Crippen LogP contribution in [0.2, 0.25) is 13.3 Å². The van der Waals surface area contributed by atoms with Crippen LogP contribution in [0.3, 0.4) is 0 Å². The van der Waals surface area contributed by atoms with E-state index in [4.69, 9.17) is 0 Å². The van der Waals surface area contributed by atoms with Gasteiger partial charge in [0, 0.05) is 61.3 Å². The summed E-state index contributed by atoms with van der Waals surface area (Å²) >= 11 is 27.3. The van der Waals surface area contributed by atoms with E-state index < -0.39 is 18.4 Å². The van der Waals surface area contributed by atoms with Crippen LogP contribution in [0.5, 0.6) is 0 Å². The number of benzene rings is 2. The van der Waals surface area contributed by atoms with Gasteiger partial charge in [0.1, 0.15) is 22.1 Å². The van der Waals surface area contributed by atoms with Crippen molar-refractivity contribution in [1.29, 1.82) is 0 Å². The van der Waals surface area contributed by atoms with E-state index in [0.717, 1.165) is 59.5 Å². The maximum atomic E-state index is 4.67.